The largest absolute Gasteiger partial charge is 0.390 e. The Labute approximate surface area is 124 Å². The van der Waals surface area contributed by atoms with Gasteiger partial charge in [-0.2, -0.15) is 4.31 Å². The van der Waals surface area contributed by atoms with Gasteiger partial charge in [0.05, 0.1) is 6.61 Å². The van der Waals surface area contributed by atoms with Crippen molar-refractivity contribution >= 4 is 10.0 Å². The van der Waals surface area contributed by atoms with Crippen LogP contribution in [0.4, 0.5) is 0 Å². The maximum Gasteiger partial charge on any atom is 0.245 e. The Morgan fingerprint density at radius 3 is 2.29 bits per heavy atom. The molecule has 0 aliphatic carbocycles. The summed E-state index contributed by atoms with van der Waals surface area (Å²) in [5.41, 5.74) is 2.73. The first-order chi connectivity index (χ1) is 10.1. The molecule has 0 radical (unpaired) electrons. The predicted octanol–water partition coefficient (Wildman–Crippen LogP) is 1.70. The monoisotopic (exact) mass is 306 g/mol. The number of aryl methyl sites for hydroxylation is 1. The summed E-state index contributed by atoms with van der Waals surface area (Å²) >= 11 is 0. The summed E-state index contributed by atoms with van der Waals surface area (Å²) in [6, 6.07) is 9.32. The van der Waals surface area contributed by atoms with Crippen molar-refractivity contribution in [3.05, 3.63) is 53.3 Å². The second kappa shape index (κ2) is 5.29. The fourth-order valence-corrected chi connectivity index (χ4v) is 4.18. The van der Waals surface area contributed by atoms with Crippen LogP contribution in [0.25, 0.3) is 0 Å². The zero-order valence-electron chi connectivity index (χ0n) is 11.9. The summed E-state index contributed by atoms with van der Waals surface area (Å²) in [6.45, 7) is 3.20. The number of rotatable bonds is 4. The summed E-state index contributed by atoms with van der Waals surface area (Å²) in [6.07, 6.45) is 1.60. The van der Waals surface area contributed by atoms with Crippen molar-refractivity contribution < 1.29 is 13.5 Å². The lowest BCUT2D eigenvalue weighted by atomic mass is 10.1. The Morgan fingerprint density at radius 1 is 1.19 bits per heavy atom. The standard InChI is InChI=1S/C15H18N2O3S/c1-2-16-10-15(7-14(16)11-18)21(19,20)17-8-12-5-3-4-6-13(12)9-17/h3-7,10,18H,2,8-9,11H2,1H3. The molecule has 0 amide bonds. The minimum Gasteiger partial charge on any atom is -0.390 e. The van der Waals surface area contributed by atoms with Crippen molar-refractivity contribution in [2.24, 2.45) is 0 Å². The number of fused-ring (bicyclic) bond motifs is 1. The predicted molar refractivity (Wildman–Crippen MR) is 78.9 cm³/mol. The van der Waals surface area contributed by atoms with Gasteiger partial charge < -0.3 is 9.67 Å². The van der Waals surface area contributed by atoms with E-state index in [0.29, 0.717) is 25.3 Å². The van der Waals surface area contributed by atoms with Gasteiger partial charge in [0.1, 0.15) is 4.90 Å². The van der Waals surface area contributed by atoms with Crippen LogP contribution in [0.2, 0.25) is 0 Å². The summed E-state index contributed by atoms with van der Waals surface area (Å²) in [5, 5.41) is 9.31. The molecule has 2 aromatic rings. The van der Waals surface area contributed by atoms with Crippen LogP contribution in [-0.2, 0) is 36.3 Å². The van der Waals surface area contributed by atoms with Gasteiger partial charge in [0, 0.05) is 31.5 Å². The topological polar surface area (TPSA) is 62.5 Å². The van der Waals surface area contributed by atoms with Gasteiger partial charge in [0.15, 0.2) is 0 Å². The molecule has 1 aliphatic rings. The van der Waals surface area contributed by atoms with Crippen molar-refractivity contribution in [2.75, 3.05) is 0 Å². The lowest BCUT2D eigenvalue weighted by molar-refractivity contribution is 0.271. The van der Waals surface area contributed by atoms with Crippen LogP contribution in [-0.4, -0.2) is 22.4 Å². The highest BCUT2D eigenvalue weighted by molar-refractivity contribution is 7.89. The molecule has 1 aromatic heterocycles. The molecule has 0 saturated heterocycles. The summed E-state index contributed by atoms with van der Waals surface area (Å²) in [5.74, 6) is 0. The minimum atomic E-state index is -3.53. The van der Waals surface area contributed by atoms with Crippen LogP contribution in [0.15, 0.2) is 41.4 Å². The average molecular weight is 306 g/mol. The third-order valence-electron chi connectivity index (χ3n) is 3.91. The van der Waals surface area contributed by atoms with E-state index >= 15 is 0 Å². The highest BCUT2D eigenvalue weighted by Crippen LogP contribution is 2.29. The second-order valence-corrected chi connectivity index (χ2v) is 7.09. The van der Waals surface area contributed by atoms with Crippen LogP contribution >= 0.6 is 0 Å². The van der Waals surface area contributed by atoms with Crippen LogP contribution < -0.4 is 0 Å². The van der Waals surface area contributed by atoms with Crippen molar-refractivity contribution in [1.29, 1.82) is 0 Å². The first-order valence-corrected chi connectivity index (χ1v) is 8.37. The van der Waals surface area contributed by atoms with E-state index in [-0.39, 0.29) is 11.5 Å². The molecule has 5 nitrogen and oxygen atoms in total. The number of nitrogens with zero attached hydrogens (tertiary/aromatic N) is 2. The first-order valence-electron chi connectivity index (χ1n) is 6.93. The van der Waals surface area contributed by atoms with Crippen molar-refractivity contribution in [1.82, 2.24) is 8.87 Å². The molecule has 1 N–H and O–H groups in total. The third kappa shape index (κ3) is 2.39. The zero-order valence-corrected chi connectivity index (χ0v) is 12.7. The van der Waals surface area contributed by atoms with E-state index in [1.165, 1.54) is 4.31 Å². The van der Waals surface area contributed by atoms with E-state index in [1.807, 2.05) is 31.2 Å². The highest BCUT2D eigenvalue weighted by atomic mass is 32.2. The van der Waals surface area contributed by atoms with Gasteiger partial charge in [-0.05, 0) is 24.1 Å². The molecule has 21 heavy (non-hydrogen) atoms. The van der Waals surface area contributed by atoms with Crippen molar-refractivity contribution in [2.45, 2.75) is 38.1 Å². The lowest BCUT2D eigenvalue weighted by Gasteiger charge is -2.14. The molecule has 0 saturated carbocycles. The molecule has 1 aliphatic heterocycles. The van der Waals surface area contributed by atoms with E-state index in [1.54, 1.807) is 16.8 Å². The number of hydrogen-bond acceptors (Lipinski definition) is 3. The smallest absolute Gasteiger partial charge is 0.245 e. The highest BCUT2D eigenvalue weighted by Gasteiger charge is 2.31. The Morgan fingerprint density at radius 2 is 1.81 bits per heavy atom. The fraction of sp³-hybridized carbons (Fsp3) is 0.333. The van der Waals surface area contributed by atoms with E-state index < -0.39 is 10.0 Å². The molecular formula is C15H18N2O3S. The normalized spacial score (nSPS) is 15.3. The summed E-state index contributed by atoms with van der Waals surface area (Å²) < 4.78 is 28.7. The van der Waals surface area contributed by atoms with Gasteiger partial charge >= 0.3 is 0 Å². The van der Waals surface area contributed by atoms with Crippen molar-refractivity contribution in [3.8, 4) is 0 Å². The summed E-state index contributed by atoms with van der Waals surface area (Å²) in [7, 11) is -3.53. The van der Waals surface area contributed by atoms with Gasteiger partial charge in [-0.1, -0.05) is 24.3 Å². The molecule has 0 bridgehead atoms. The molecule has 0 fully saturated rings. The quantitative estimate of drug-likeness (QED) is 0.935. The van der Waals surface area contributed by atoms with E-state index in [2.05, 4.69) is 0 Å². The number of sulfonamides is 1. The Balaban J connectivity index is 1.94. The maximum atomic E-state index is 12.7. The molecule has 6 heteroatoms. The Kier molecular flexibility index (Phi) is 3.61. The van der Waals surface area contributed by atoms with E-state index in [0.717, 1.165) is 11.1 Å². The van der Waals surface area contributed by atoms with Crippen LogP contribution in [0.3, 0.4) is 0 Å². The van der Waals surface area contributed by atoms with Crippen LogP contribution in [0.1, 0.15) is 23.7 Å². The maximum absolute atomic E-state index is 12.7. The van der Waals surface area contributed by atoms with E-state index in [9.17, 15) is 13.5 Å². The van der Waals surface area contributed by atoms with Gasteiger partial charge in [-0.3, -0.25) is 0 Å². The Hall–Kier alpha value is -1.63. The number of hydrogen-bond donors (Lipinski definition) is 1. The fourth-order valence-electron chi connectivity index (χ4n) is 2.71. The zero-order chi connectivity index (χ0) is 15.0. The molecule has 0 atom stereocenters. The van der Waals surface area contributed by atoms with Gasteiger partial charge in [0.25, 0.3) is 0 Å². The molecule has 1 aromatic carbocycles. The average Bonchev–Trinajstić information content (AvgIpc) is 3.11. The third-order valence-corrected chi connectivity index (χ3v) is 5.67. The molecule has 112 valence electrons. The van der Waals surface area contributed by atoms with Crippen LogP contribution in [0, 0.1) is 0 Å². The number of aliphatic hydroxyl groups is 1. The molecule has 0 spiro atoms. The Bertz CT molecular complexity index is 718. The van der Waals surface area contributed by atoms with Crippen molar-refractivity contribution in [3.63, 3.8) is 0 Å². The molecular weight excluding hydrogens is 288 g/mol. The SMILES string of the molecule is CCn1cc(S(=O)(=O)N2Cc3ccccc3C2)cc1CO. The minimum absolute atomic E-state index is 0.163. The van der Waals surface area contributed by atoms with Gasteiger partial charge in [-0.25, -0.2) is 8.42 Å². The molecule has 3 rings (SSSR count). The number of aliphatic hydroxyl groups excluding tert-OH is 1. The number of aromatic nitrogens is 1. The summed E-state index contributed by atoms with van der Waals surface area (Å²) in [4.78, 5) is 0.251. The van der Waals surface area contributed by atoms with Gasteiger partial charge in [0.2, 0.25) is 10.0 Å². The number of benzene rings is 1. The molecule has 2 heterocycles. The first kappa shape index (κ1) is 14.3. The second-order valence-electron chi connectivity index (χ2n) is 5.15. The van der Waals surface area contributed by atoms with Crippen LogP contribution in [0.5, 0.6) is 0 Å². The van der Waals surface area contributed by atoms with E-state index in [4.69, 9.17) is 0 Å². The van der Waals surface area contributed by atoms with Gasteiger partial charge in [-0.15, -0.1) is 0 Å². The lowest BCUT2D eigenvalue weighted by Crippen LogP contribution is -2.25. The molecule has 0 unspecified atom stereocenters.